The molecule has 0 aliphatic rings. The van der Waals surface area contributed by atoms with Crippen molar-refractivity contribution in [3.8, 4) is 0 Å². The Labute approximate surface area is 134 Å². The van der Waals surface area contributed by atoms with Crippen LogP contribution in [0.3, 0.4) is 0 Å². The van der Waals surface area contributed by atoms with Gasteiger partial charge >= 0.3 is 0 Å². The third-order valence-corrected chi connectivity index (χ3v) is 5.14. The monoisotopic (exact) mass is 343 g/mol. The second-order valence-corrected chi connectivity index (χ2v) is 7.51. The van der Waals surface area contributed by atoms with Gasteiger partial charge in [0.1, 0.15) is 0 Å². The summed E-state index contributed by atoms with van der Waals surface area (Å²) in [5.41, 5.74) is 1.61. The predicted molar refractivity (Wildman–Crippen MR) is 86.9 cm³/mol. The zero-order valence-electron chi connectivity index (χ0n) is 11.6. The molecule has 6 heteroatoms. The number of benzene rings is 2. The summed E-state index contributed by atoms with van der Waals surface area (Å²) >= 11 is 12.3. The number of hydrogen-bond donors (Lipinski definition) is 1. The molecule has 0 radical (unpaired) electrons. The molecule has 2 aromatic carbocycles. The fourth-order valence-electron chi connectivity index (χ4n) is 2.17. The van der Waals surface area contributed by atoms with Crippen LogP contribution in [0.2, 0.25) is 10.0 Å². The molecular weight excluding hydrogens is 329 g/mol. The van der Waals surface area contributed by atoms with Crippen molar-refractivity contribution in [2.75, 3.05) is 13.3 Å². The molecule has 0 bridgehead atoms. The van der Waals surface area contributed by atoms with Crippen molar-refractivity contribution in [3.63, 3.8) is 0 Å². The first-order valence-corrected chi connectivity index (χ1v) is 8.90. The first-order valence-electron chi connectivity index (χ1n) is 6.26. The summed E-state index contributed by atoms with van der Waals surface area (Å²) in [6.07, 6.45) is 1.19. The molecule has 0 aliphatic heterocycles. The average Bonchev–Trinajstić information content (AvgIpc) is 2.44. The maximum atomic E-state index is 11.7. The van der Waals surface area contributed by atoms with E-state index in [4.69, 9.17) is 23.2 Å². The highest BCUT2D eigenvalue weighted by atomic mass is 35.5. The van der Waals surface area contributed by atoms with Crippen molar-refractivity contribution in [1.29, 1.82) is 0 Å². The standard InChI is InChI=1S/C15H15Cl2NO2S/c1-18-15(12-7-4-8-13(16)14(12)17)10-5-3-6-11(9-10)21(2,19)20/h3-9,15,18H,1-2H3. The van der Waals surface area contributed by atoms with Crippen molar-refractivity contribution in [1.82, 2.24) is 5.32 Å². The van der Waals surface area contributed by atoms with Crippen LogP contribution in [0.15, 0.2) is 47.4 Å². The van der Waals surface area contributed by atoms with Crippen LogP contribution in [0.1, 0.15) is 17.2 Å². The van der Waals surface area contributed by atoms with Crippen LogP contribution in [0, 0.1) is 0 Å². The number of sulfone groups is 1. The molecule has 112 valence electrons. The zero-order chi connectivity index (χ0) is 15.6. The van der Waals surface area contributed by atoms with Crippen LogP contribution < -0.4 is 5.32 Å². The molecule has 0 saturated heterocycles. The first kappa shape index (κ1) is 16.3. The van der Waals surface area contributed by atoms with Crippen molar-refractivity contribution in [3.05, 3.63) is 63.6 Å². The van der Waals surface area contributed by atoms with Gasteiger partial charge in [-0.1, -0.05) is 47.5 Å². The number of hydrogen-bond acceptors (Lipinski definition) is 3. The predicted octanol–water partition coefficient (Wildman–Crippen LogP) is 3.71. The van der Waals surface area contributed by atoms with E-state index in [2.05, 4.69) is 5.32 Å². The second kappa shape index (κ2) is 6.36. The maximum Gasteiger partial charge on any atom is 0.175 e. The third-order valence-electron chi connectivity index (χ3n) is 3.20. The summed E-state index contributed by atoms with van der Waals surface area (Å²) in [6, 6.07) is 11.9. The molecule has 2 aromatic rings. The minimum absolute atomic E-state index is 0.238. The van der Waals surface area contributed by atoms with Crippen LogP contribution in [0.4, 0.5) is 0 Å². The molecule has 0 saturated carbocycles. The van der Waals surface area contributed by atoms with E-state index in [1.54, 1.807) is 31.3 Å². The van der Waals surface area contributed by atoms with Gasteiger partial charge in [-0.2, -0.15) is 0 Å². The van der Waals surface area contributed by atoms with Gasteiger partial charge in [-0.3, -0.25) is 0 Å². The van der Waals surface area contributed by atoms with Crippen LogP contribution in [0.25, 0.3) is 0 Å². The molecule has 1 unspecified atom stereocenters. The largest absolute Gasteiger partial charge is 0.309 e. The summed E-state index contributed by atoms with van der Waals surface area (Å²) < 4.78 is 23.4. The lowest BCUT2D eigenvalue weighted by atomic mass is 9.99. The Bertz CT molecular complexity index is 760. The van der Waals surface area contributed by atoms with Gasteiger partial charge in [-0.05, 0) is 36.4 Å². The maximum absolute atomic E-state index is 11.7. The highest BCUT2D eigenvalue weighted by Gasteiger charge is 2.18. The summed E-state index contributed by atoms with van der Waals surface area (Å²) in [6.45, 7) is 0. The fraction of sp³-hybridized carbons (Fsp3) is 0.200. The molecule has 0 fully saturated rings. The molecule has 1 N–H and O–H groups in total. The molecule has 0 spiro atoms. The SMILES string of the molecule is CNC(c1cccc(S(C)(=O)=O)c1)c1cccc(Cl)c1Cl. The van der Waals surface area contributed by atoms with E-state index in [0.717, 1.165) is 11.1 Å². The smallest absolute Gasteiger partial charge is 0.175 e. The van der Waals surface area contributed by atoms with Gasteiger partial charge in [0, 0.05) is 6.26 Å². The van der Waals surface area contributed by atoms with E-state index < -0.39 is 9.84 Å². The molecule has 2 rings (SSSR count). The molecule has 3 nitrogen and oxygen atoms in total. The third kappa shape index (κ3) is 3.58. The molecular formula is C15H15Cl2NO2S. The van der Waals surface area contributed by atoms with Gasteiger partial charge in [-0.25, -0.2) is 8.42 Å². The van der Waals surface area contributed by atoms with Crippen LogP contribution in [-0.4, -0.2) is 21.7 Å². The summed E-state index contributed by atoms with van der Waals surface area (Å²) in [5.74, 6) is 0. The highest BCUT2D eigenvalue weighted by Crippen LogP contribution is 2.33. The lowest BCUT2D eigenvalue weighted by Gasteiger charge is -2.19. The molecule has 1 atom stereocenters. The summed E-state index contributed by atoms with van der Waals surface area (Å²) in [4.78, 5) is 0.276. The fourth-order valence-corrected chi connectivity index (χ4v) is 3.26. The molecule has 0 aromatic heterocycles. The van der Waals surface area contributed by atoms with Crippen molar-refractivity contribution in [2.24, 2.45) is 0 Å². The summed E-state index contributed by atoms with van der Waals surface area (Å²) in [5, 5.41) is 4.07. The zero-order valence-corrected chi connectivity index (χ0v) is 13.9. The Morgan fingerprint density at radius 1 is 1.10 bits per heavy atom. The number of rotatable bonds is 4. The Kier molecular flexibility index (Phi) is 4.94. The van der Waals surface area contributed by atoms with Crippen molar-refractivity contribution in [2.45, 2.75) is 10.9 Å². The topological polar surface area (TPSA) is 46.2 Å². The Hall–Kier alpha value is -1.07. The van der Waals surface area contributed by atoms with Crippen LogP contribution in [-0.2, 0) is 9.84 Å². The Morgan fingerprint density at radius 2 is 1.76 bits per heavy atom. The van der Waals surface area contributed by atoms with E-state index in [0.29, 0.717) is 10.0 Å². The quantitative estimate of drug-likeness (QED) is 0.920. The van der Waals surface area contributed by atoms with Crippen LogP contribution in [0.5, 0.6) is 0 Å². The normalized spacial score (nSPS) is 13.1. The van der Waals surface area contributed by atoms with Gasteiger partial charge in [0.25, 0.3) is 0 Å². The van der Waals surface area contributed by atoms with Gasteiger partial charge in [0.2, 0.25) is 0 Å². The lowest BCUT2D eigenvalue weighted by molar-refractivity contribution is 0.601. The molecule has 0 amide bonds. The second-order valence-electron chi connectivity index (χ2n) is 4.71. The molecule has 21 heavy (non-hydrogen) atoms. The van der Waals surface area contributed by atoms with Gasteiger partial charge in [-0.15, -0.1) is 0 Å². The van der Waals surface area contributed by atoms with E-state index >= 15 is 0 Å². The van der Waals surface area contributed by atoms with Crippen molar-refractivity contribution >= 4 is 33.0 Å². The van der Waals surface area contributed by atoms with E-state index in [9.17, 15) is 8.42 Å². The molecule has 0 heterocycles. The van der Waals surface area contributed by atoms with Gasteiger partial charge in [0.05, 0.1) is 21.0 Å². The lowest BCUT2D eigenvalue weighted by Crippen LogP contribution is -2.18. The Balaban J connectivity index is 2.55. The van der Waals surface area contributed by atoms with Crippen LogP contribution >= 0.6 is 23.2 Å². The summed E-state index contributed by atoms with van der Waals surface area (Å²) in [7, 11) is -1.47. The minimum Gasteiger partial charge on any atom is -0.309 e. The Morgan fingerprint density at radius 3 is 2.38 bits per heavy atom. The van der Waals surface area contributed by atoms with Gasteiger partial charge < -0.3 is 5.32 Å². The number of nitrogens with one attached hydrogen (secondary N) is 1. The van der Waals surface area contributed by atoms with E-state index in [-0.39, 0.29) is 10.9 Å². The van der Waals surface area contributed by atoms with Crippen molar-refractivity contribution < 1.29 is 8.42 Å². The van der Waals surface area contributed by atoms with E-state index in [1.165, 1.54) is 6.26 Å². The number of halogens is 2. The minimum atomic E-state index is -3.25. The molecule has 0 aliphatic carbocycles. The average molecular weight is 344 g/mol. The first-order chi connectivity index (χ1) is 9.84. The highest BCUT2D eigenvalue weighted by molar-refractivity contribution is 7.90. The van der Waals surface area contributed by atoms with Gasteiger partial charge in [0.15, 0.2) is 9.84 Å². The van der Waals surface area contributed by atoms with E-state index in [1.807, 2.05) is 18.2 Å².